The van der Waals surface area contributed by atoms with Crippen molar-refractivity contribution in [2.45, 2.75) is 13.2 Å². The third-order valence-corrected chi connectivity index (χ3v) is 3.76. The van der Waals surface area contributed by atoms with Crippen molar-refractivity contribution in [1.82, 2.24) is 10.3 Å². The Bertz CT molecular complexity index is 666. The van der Waals surface area contributed by atoms with Gasteiger partial charge in [0.05, 0.1) is 6.61 Å². The lowest BCUT2D eigenvalue weighted by atomic mass is 10.2. The number of aromatic nitrogens is 1. The number of amides is 1. The van der Waals surface area contributed by atoms with Crippen LogP contribution in [0.5, 0.6) is 11.6 Å². The minimum absolute atomic E-state index is 0.0843. The van der Waals surface area contributed by atoms with E-state index < -0.39 is 12.5 Å². The molecule has 2 heterocycles. The molecular weight excluding hydrogens is 342 g/mol. The number of ether oxygens (including phenoxy) is 3. The molecule has 0 aliphatic carbocycles. The van der Waals surface area contributed by atoms with Crippen molar-refractivity contribution >= 4 is 17.2 Å². The first kappa shape index (κ1) is 18.1. The van der Waals surface area contributed by atoms with Gasteiger partial charge in [0.25, 0.3) is 5.91 Å². The molecule has 0 aliphatic heterocycles. The smallest absolute Gasteiger partial charge is 0.387 e. The van der Waals surface area contributed by atoms with Gasteiger partial charge in [-0.2, -0.15) is 8.78 Å². The maximum absolute atomic E-state index is 12.3. The highest BCUT2D eigenvalue weighted by molar-refractivity contribution is 7.12. The molecule has 2 aromatic rings. The number of hydrogen-bond donors (Lipinski definition) is 1. The normalized spacial score (nSPS) is 10.7. The van der Waals surface area contributed by atoms with Gasteiger partial charge < -0.3 is 19.5 Å². The maximum atomic E-state index is 12.3. The van der Waals surface area contributed by atoms with Crippen molar-refractivity contribution in [1.29, 1.82) is 0 Å². The van der Waals surface area contributed by atoms with Gasteiger partial charge >= 0.3 is 6.61 Å². The molecule has 0 spiro atoms. The lowest BCUT2D eigenvalue weighted by Gasteiger charge is -2.11. The fourth-order valence-electron chi connectivity index (χ4n) is 1.82. The van der Waals surface area contributed by atoms with Crippen LogP contribution in [0, 0.1) is 0 Å². The Morgan fingerprint density at radius 3 is 2.96 bits per heavy atom. The number of halogens is 2. The number of nitrogens with zero attached hydrogens (tertiary/aromatic N) is 1. The standard InChI is InChI=1S/C15H16F2N2O4S/c1-21-6-7-22-14-10(3-2-5-18-14)9-19-13(20)12-11(4-8-24-12)23-15(16)17/h2-5,8,15H,6-7,9H2,1H3,(H,19,20). The summed E-state index contributed by atoms with van der Waals surface area (Å²) in [6.07, 6.45) is 1.57. The van der Waals surface area contributed by atoms with Crippen LogP contribution in [-0.2, 0) is 11.3 Å². The van der Waals surface area contributed by atoms with Gasteiger partial charge in [0.15, 0.2) is 0 Å². The Morgan fingerprint density at radius 1 is 1.38 bits per heavy atom. The second-order valence-electron chi connectivity index (χ2n) is 4.48. The van der Waals surface area contributed by atoms with Gasteiger partial charge in [0.1, 0.15) is 17.2 Å². The molecule has 2 rings (SSSR count). The lowest BCUT2D eigenvalue weighted by molar-refractivity contribution is -0.0498. The van der Waals surface area contributed by atoms with Crippen LogP contribution in [0.25, 0.3) is 0 Å². The van der Waals surface area contributed by atoms with E-state index in [1.165, 1.54) is 11.4 Å². The van der Waals surface area contributed by atoms with Gasteiger partial charge in [-0.1, -0.05) is 6.07 Å². The van der Waals surface area contributed by atoms with Crippen LogP contribution in [0.1, 0.15) is 15.2 Å². The minimum Gasteiger partial charge on any atom is -0.475 e. The molecular formula is C15H16F2N2O4S. The van der Waals surface area contributed by atoms with Crippen molar-refractivity contribution in [3.8, 4) is 11.6 Å². The summed E-state index contributed by atoms with van der Waals surface area (Å²) in [5.74, 6) is -0.271. The van der Waals surface area contributed by atoms with Crippen molar-refractivity contribution in [2.24, 2.45) is 0 Å². The van der Waals surface area contributed by atoms with Gasteiger partial charge in [-0.25, -0.2) is 4.98 Å². The molecule has 9 heteroatoms. The van der Waals surface area contributed by atoms with Crippen molar-refractivity contribution < 1.29 is 27.8 Å². The highest BCUT2D eigenvalue weighted by Gasteiger charge is 2.17. The Kier molecular flexibility index (Phi) is 6.89. The first-order valence-electron chi connectivity index (χ1n) is 6.98. The molecule has 0 unspecified atom stereocenters. The first-order valence-corrected chi connectivity index (χ1v) is 7.86. The average molecular weight is 358 g/mol. The van der Waals surface area contributed by atoms with Crippen LogP contribution in [0.3, 0.4) is 0 Å². The predicted octanol–water partition coefficient (Wildman–Crippen LogP) is 2.70. The van der Waals surface area contributed by atoms with E-state index in [9.17, 15) is 13.6 Å². The van der Waals surface area contributed by atoms with E-state index in [4.69, 9.17) is 9.47 Å². The van der Waals surface area contributed by atoms with E-state index in [0.717, 1.165) is 11.3 Å². The molecule has 1 amide bonds. The molecule has 0 radical (unpaired) electrons. The molecule has 0 bridgehead atoms. The highest BCUT2D eigenvalue weighted by atomic mass is 32.1. The van der Waals surface area contributed by atoms with Gasteiger partial charge in [-0.3, -0.25) is 4.79 Å². The Labute approximate surface area is 141 Å². The number of thiophene rings is 1. The fraction of sp³-hybridized carbons (Fsp3) is 0.333. The number of pyridine rings is 1. The third kappa shape index (κ3) is 5.14. The van der Waals surface area contributed by atoms with E-state index in [1.807, 2.05) is 0 Å². The van der Waals surface area contributed by atoms with Gasteiger partial charge in [0, 0.05) is 25.4 Å². The molecule has 24 heavy (non-hydrogen) atoms. The summed E-state index contributed by atoms with van der Waals surface area (Å²) in [4.78, 5) is 16.3. The summed E-state index contributed by atoms with van der Waals surface area (Å²) in [6.45, 7) is -2.11. The van der Waals surface area contributed by atoms with Crippen molar-refractivity contribution in [2.75, 3.05) is 20.3 Å². The molecule has 6 nitrogen and oxygen atoms in total. The second kappa shape index (κ2) is 9.14. The fourth-order valence-corrected chi connectivity index (χ4v) is 2.56. The number of hydrogen-bond acceptors (Lipinski definition) is 6. The number of carbonyl (C=O) groups is 1. The summed E-state index contributed by atoms with van der Waals surface area (Å²) < 4.78 is 39.3. The zero-order valence-corrected chi connectivity index (χ0v) is 13.6. The van der Waals surface area contributed by atoms with E-state index in [0.29, 0.717) is 24.7 Å². The summed E-state index contributed by atoms with van der Waals surface area (Å²) in [6, 6.07) is 4.79. The van der Waals surface area contributed by atoms with E-state index in [2.05, 4.69) is 15.0 Å². The molecule has 2 aromatic heterocycles. The molecule has 0 saturated carbocycles. The van der Waals surface area contributed by atoms with Crippen LogP contribution in [0.4, 0.5) is 8.78 Å². The molecule has 0 atom stereocenters. The Balaban J connectivity index is 1.98. The molecule has 0 saturated heterocycles. The Hall–Kier alpha value is -2.26. The topological polar surface area (TPSA) is 69.7 Å². The van der Waals surface area contributed by atoms with E-state index >= 15 is 0 Å². The van der Waals surface area contributed by atoms with E-state index in [1.54, 1.807) is 25.4 Å². The van der Waals surface area contributed by atoms with Crippen LogP contribution in [0.2, 0.25) is 0 Å². The zero-order valence-electron chi connectivity index (χ0n) is 12.8. The first-order chi connectivity index (χ1) is 11.6. The van der Waals surface area contributed by atoms with Gasteiger partial charge in [0.2, 0.25) is 5.88 Å². The third-order valence-electron chi connectivity index (χ3n) is 2.87. The molecule has 1 N–H and O–H groups in total. The Morgan fingerprint density at radius 2 is 2.21 bits per heavy atom. The quantitative estimate of drug-likeness (QED) is 0.698. The summed E-state index contributed by atoms with van der Waals surface area (Å²) in [5.41, 5.74) is 0.662. The number of nitrogens with one attached hydrogen (secondary N) is 1. The molecule has 0 aromatic carbocycles. The number of carbonyl (C=O) groups excluding carboxylic acids is 1. The van der Waals surface area contributed by atoms with Crippen LogP contribution >= 0.6 is 11.3 Å². The van der Waals surface area contributed by atoms with Crippen LogP contribution in [-0.4, -0.2) is 37.8 Å². The average Bonchev–Trinajstić information content (AvgIpc) is 3.01. The maximum Gasteiger partial charge on any atom is 0.387 e. The van der Waals surface area contributed by atoms with Gasteiger partial charge in [-0.15, -0.1) is 11.3 Å². The largest absolute Gasteiger partial charge is 0.475 e. The SMILES string of the molecule is COCCOc1ncccc1CNC(=O)c1sccc1OC(F)F. The summed E-state index contributed by atoms with van der Waals surface area (Å²) >= 11 is 1.02. The highest BCUT2D eigenvalue weighted by Crippen LogP contribution is 2.26. The van der Waals surface area contributed by atoms with Crippen molar-refractivity contribution in [3.63, 3.8) is 0 Å². The second-order valence-corrected chi connectivity index (χ2v) is 5.40. The number of methoxy groups -OCH3 is 1. The van der Waals surface area contributed by atoms with Crippen LogP contribution < -0.4 is 14.8 Å². The minimum atomic E-state index is -2.98. The summed E-state index contributed by atoms with van der Waals surface area (Å²) in [5, 5.41) is 4.15. The van der Waals surface area contributed by atoms with Crippen molar-refractivity contribution in [3.05, 3.63) is 40.2 Å². The number of rotatable bonds is 9. The monoisotopic (exact) mass is 358 g/mol. The number of alkyl halides is 2. The summed E-state index contributed by atoms with van der Waals surface area (Å²) in [7, 11) is 1.56. The van der Waals surface area contributed by atoms with Gasteiger partial charge in [-0.05, 0) is 17.5 Å². The predicted molar refractivity (Wildman–Crippen MR) is 83.7 cm³/mol. The molecule has 130 valence electrons. The van der Waals surface area contributed by atoms with Crippen LogP contribution in [0.15, 0.2) is 29.8 Å². The zero-order chi connectivity index (χ0) is 17.4. The van der Waals surface area contributed by atoms with E-state index in [-0.39, 0.29) is 17.2 Å². The lowest BCUT2D eigenvalue weighted by Crippen LogP contribution is -2.23. The molecule has 0 fully saturated rings. The molecule has 0 aliphatic rings.